The second kappa shape index (κ2) is 7.33. The number of carbonyl (C=O) groups is 2. The van der Waals surface area contributed by atoms with Crippen LogP contribution in [-0.2, 0) is 14.3 Å². The van der Waals surface area contributed by atoms with E-state index in [1.54, 1.807) is 4.90 Å². The maximum absolute atomic E-state index is 11.9. The largest absolute Gasteiger partial charge is 0.375 e. The number of nitrogens with one attached hydrogen (secondary N) is 1. The molecule has 0 saturated carbocycles. The van der Waals surface area contributed by atoms with Crippen LogP contribution in [-0.4, -0.2) is 55.6 Å². The van der Waals surface area contributed by atoms with Crippen LogP contribution < -0.4 is 11.1 Å². The van der Waals surface area contributed by atoms with E-state index in [0.29, 0.717) is 19.5 Å². The minimum atomic E-state index is -0.398. The highest BCUT2D eigenvalue weighted by Gasteiger charge is 2.26. The summed E-state index contributed by atoms with van der Waals surface area (Å²) in [7, 11) is 1.49. The Bertz CT molecular complexity index is 288. The van der Waals surface area contributed by atoms with E-state index in [1.165, 1.54) is 7.11 Å². The van der Waals surface area contributed by atoms with Gasteiger partial charge in [0.15, 0.2) is 0 Å². The molecule has 2 amide bonds. The molecule has 104 valence electrons. The number of amides is 2. The maximum Gasteiger partial charge on any atom is 0.246 e. The summed E-state index contributed by atoms with van der Waals surface area (Å²) < 4.78 is 4.76. The molecule has 0 bridgehead atoms. The number of nitrogens with two attached hydrogens (primary N) is 1. The fourth-order valence-electron chi connectivity index (χ4n) is 2.05. The van der Waals surface area contributed by atoms with Gasteiger partial charge in [0.05, 0.1) is 6.04 Å². The van der Waals surface area contributed by atoms with Crippen molar-refractivity contribution >= 4 is 11.8 Å². The maximum atomic E-state index is 11.9. The van der Waals surface area contributed by atoms with Crippen molar-refractivity contribution in [1.29, 1.82) is 0 Å². The van der Waals surface area contributed by atoms with Gasteiger partial charge < -0.3 is 20.7 Å². The molecule has 1 saturated heterocycles. The molecular formula is C12H23N3O3. The first-order chi connectivity index (χ1) is 8.58. The lowest BCUT2D eigenvalue weighted by atomic mass is 10.0. The standard InChI is InChI=1S/C12H23N3O3/c1-3-10(13)12(17)15-6-4-9(5-7-15)14-11(16)8-18-2/h9-10H,3-8,13H2,1-2H3,(H,14,16)/t10-/m1/s1. The smallest absolute Gasteiger partial charge is 0.246 e. The Morgan fingerprint density at radius 3 is 2.56 bits per heavy atom. The SMILES string of the molecule is CC[C@@H](N)C(=O)N1CCC(NC(=O)COC)CC1. The van der Waals surface area contributed by atoms with E-state index in [0.717, 1.165) is 12.8 Å². The normalized spacial score (nSPS) is 18.5. The van der Waals surface area contributed by atoms with Crippen molar-refractivity contribution in [2.75, 3.05) is 26.8 Å². The second-order valence-electron chi connectivity index (χ2n) is 4.61. The van der Waals surface area contributed by atoms with E-state index in [-0.39, 0.29) is 24.5 Å². The Hall–Kier alpha value is -1.14. The van der Waals surface area contributed by atoms with Crippen LogP contribution in [0.2, 0.25) is 0 Å². The van der Waals surface area contributed by atoms with Gasteiger partial charge in [-0.1, -0.05) is 6.92 Å². The van der Waals surface area contributed by atoms with Gasteiger partial charge in [-0.05, 0) is 19.3 Å². The number of hydrogen-bond donors (Lipinski definition) is 2. The lowest BCUT2D eigenvalue weighted by Gasteiger charge is -2.33. The van der Waals surface area contributed by atoms with Gasteiger partial charge in [-0.25, -0.2) is 0 Å². The predicted octanol–water partition coefficient (Wildman–Crippen LogP) is -0.523. The minimum Gasteiger partial charge on any atom is -0.375 e. The van der Waals surface area contributed by atoms with E-state index in [2.05, 4.69) is 5.32 Å². The molecule has 0 aromatic rings. The summed E-state index contributed by atoms with van der Waals surface area (Å²) in [6.07, 6.45) is 2.21. The van der Waals surface area contributed by atoms with E-state index in [1.807, 2.05) is 6.92 Å². The van der Waals surface area contributed by atoms with Crippen LogP contribution in [0.1, 0.15) is 26.2 Å². The third kappa shape index (κ3) is 4.27. The highest BCUT2D eigenvalue weighted by Crippen LogP contribution is 2.11. The van der Waals surface area contributed by atoms with E-state index in [9.17, 15) is 9.59 Å². The highest BCUT2D eigenvalue weighted by atomic mass is 16.5. The number of methoxy groups -OCH3 is 1. The number of rotatable bonds is 5. The zero-order valence-corrected chi connectivity index (χ0v) is 11.1. The van der Waals surface area contributed by atoms with Gasteiger partial charge in [-0.15, -0.1) is 0 Å². The van der Waals surface area contributed by atoms with Crippen LogP contribution in [0.3, 0.4) is 0 Å². The van der Waals surface area contributed by atoms with Crippen LogP contribution in [0.4, 0.5) is 0 Å². The summed E-state index contributed by atoms with van der Waals surface area (Å²) in [5.74, 6) is -0.0910. The first kappa shape index (κ1) is 14.9. The monoisotopic (exact) mass is 257 g/mol. The summed E-state index contributed by atoms with van der Waals surface area (Å²) in [6.45, 7) is 3.30. The molecule has 0 aromatic heterocycles. The number of hydrogen-bond acceptors (Lipinski definition) is 4. The summed E-state index contributed by atoms with van der Waals surface area (Å²) >= 11 is 0. The van der Waals surface area contributed by atoms with Crippen LogP contribution >= 0.6 is 0 Å². The molecule has 1 aliphatic rings. The molecule has 0 spiro atoms. The Morgan fingerprint density at radius 2 is 2.06 bits per heavy atom. The molecule has 0 aromatic carbocycles. The van der Waals surface area contributed by atoms with Gasteiger partial charge in [0.2, 0.25) is 11.8 Å². The third-order valence-electron chi connectivity index (χ3n) is 3.20. The summed E-state index contributed by atoms with van der Waals surface area (Å²) in [4.78, 5) is 25.0. The van der Waals surface area contributed by atoms with E-state index >= 15 is 0 Å². The zero-order chi connectivity index (χ0) is 13.5. The first-order valence-corrected chi connectivity index (χ1v) is 6.41. The molecule has 18 heavy (non-hydrogen) atoms. The zero-order valence-electron chi connectivity index (χ0n) is 11.1. The topological polar surface area (TPSA) is 84.7 Å². The lowest BCUT2D eigenvalue weighted by Crippen LogP contribution is -2.51. The molecule has 1 heterocycles. The lowest BCUT2D eigenvalue weighted by molar-refractivity contribution is -0.134. The van der Waals surface area contributed by atoms with Gasteiger partial charge in [0.1, 0.15) is 6.61 Å². The van der Waals surface area contributed by atoms with Gasteiger partial charge in [-0.2, -0.15) is 0 Å². The van der Waals surface area contributed by atoms with Gasteiger partial charge >= 0.3 is 0 Å². The molecule has 0 unspecified atom stereocenters. The van der Waals surface area contributed by atoms with Crippen molar-refractivity contribution in [3.63, 3.8) is 0 Å². The molecule has 1 rings (SSSR count). The van der Waals surface area contributed by atoms with Gasteiger partial charge in [0, 0.05) is 26.2 Å². The minimum absolute atomic E-state index is 0.0131. The predicted molar refractivity (Wildman–Crippen MR) is 67.9 cm³/mol. The molecule has 0 aliphatic carbocycles. The number of carbonyl (C=O) groups excluding carboxylic acids is 2. The molecule has 6 heteroatoms. The number of piperidine rings is 1. The average molecular weight is 257 g/mol. The fourth-order valence-corrected chi connectivity index (χ4v) is 2.05. The fraction of sp³-hybridized carbons (Fsp3) is 0.833. The summed E-state index contributed by atoms with van der Waals surface area (Å²) in [5, 5.41) is 2.89. The molecule has 0 radical (unpaired) electrons. The Kier molecular flexibility index (Phi) is 6.07. The Labute approximate surface area is 108 Å². The van der Waals surface area contributed by atoms with Crippen molar-refractivity contribution < 1.29 is 14.3 Å². The molecule has 1 aliphatic heterocycles. The summed E-state index contributed by atoms with van der Waals surface area (Å²) in [6, 6.07) is -0.265. The molecule has 3 N–H and O–H groups in total. The number of nitrogens with zero attached hydrogens (tertiary/aromatic N) is 1. The number of ether oxygens (including phenoxy) is 1. The van der Waals surface area contributed by atoms with Crippen molar-refractivity contribution in [1.82, 2.24) is 10.2 Å². The van der Waals surface area contributed by atoms with Crippen molar-refractivity contribution in [2.45, 2.75) is 38.3 Å². The quantitative estimate of drug-likeness (QED) is 0.694. The van der Waals surface area contributed by atoms with E-state index in [4.69, 9.17) is 10.5 Å². The highest BCUT2D eigenvalue weighted by molar-refractivity contribution is 5.81. The third-order valence-corrected chi connectivity index (χ3v) is 3.20. The summed E-state index contributed by atoms with van der Waals surface area (Å²) in [5.41, 5.74) is 5.72. The van der Waals surface area contributed by atoms with Crippen molar-refractivity contribution in [2.24, 2.45) is 5.73 Å². The van der Waals surface area contributed by atoms with Crippen LogP contribution in [0.5, 0.6) is 0 Å². The Morgan fingerprint density at radius 1 is 1.44 bits per heavy atom. The van der Waals surface area contributed by atoms with Crippen LogP contribution in [0, 0.1) is 0 Å². The number of likely N-dealkylation sites (tertiary alicyclic amines) is 1. The molecule has 1 fully saturated rings. The Balaban J connectivity index is 2.32. The van der Waals surface area contributed by atoms with Crippen LogP contribution in [0.15, 0.2) is 0 Å². The van der Waals surface area contributed by atoms with Gasteiger partial charge in [-0.3, -0.25) is 9.59 Å². The van der Waals surface area contributed by atoms with Crippen LogP contribution in [0.25, 0.3) is 0 Å². The first-order valence-electron chi connectivity index (χ1n) is 6.41. The van der Waals surface area contributed by atoms with Crippen molar-refractivity contribution in [3.05, 3.63) is 0 Å². The average Bonchev–Trinajstić information content (AvgIpc) is 2.38. The second-order valence-corrected chi connectivity index (χ2v) is 4.61. The molecular weight excluding hydrogens is 234 g/mol. The molecule has 6 nitrogen and oxygen atoms in total. The van der Waals surface area contributed by atoms with E-state index < -0.39 is 6.04 Å². The molecule has 1 atom stereocenters. The van der Waals surface area contributed by atoms with Crippen molar-refractivity contribution in [3.8, 4) is 0 Å². The van der Waals surface area contributed by atoms with Gasteiger partial charge in [0.25, 0.3) is 0 Å².